The van der Waals surface area contributed by atoms with Crippen LogP contribution in [0, 0.1) is 0 Å². The van der Waals surface area contributed by atoms with Crippen molar-refractivity contribution in [2.24, 2.45) is 0 Å². The number of rotatable bonds is 7. The molecule has 94 valence electrons. The van der Waals surface area contributed by atoms with Crippen LogP contribution in [-0.4, -0.2) is 25.7 Å². The minimum atomic E-state index is -0.255. The Kier molecular flexibility index (Phi) is 6.33. The van der Waals surface area contributed by atoms with Gasteiger partial charge in [0.15, 0.2) is 0 Å². The van der Waals surface area contributed by atoms with Crippen molar-refractivity contribution in [3.8, 4) is 0 Å². The summed E-state index contributed by atoms with van der Waals surface area (Å²) >= 11 is 0. The second kappa shape index (κ2) is 7.85. The number of esters is 1. The summed E-state index contributed by atoms with van der Waals surface area (Å²) in [6, 6.07) is 9.70. The zero-order chi connectivity index (χ0) is 12.5. The van der Waals surface area contributed by atoms with E-state index in [9.17, 15) is 4.79 Å². The summed E-state index contributed by atoms with van der Waals surface area (Å²) in [6.07, 6.45) is 2.63. The molecule has 1 aromatic rings. The Hall–Kier alpha value is -1.35. The van der Waals surface area contributed by atoms with Crippen LogP contribution in [0.1, 0.15) is 25.3 Å². The second-order valence-corrected chi connectivity index (χ2v) is 4.05. The molecule has 0 aliphatic rings. The second-order valence-electron chi connectivity index (χ2n) is 4.05. The Morgan fingerprint density at radius 1 is 1.35 bits per heavy atom. The van der Waals surface area contributed by atoms with Crippen LogP contribution in [0.5, 0.6) is 0 Å². The predicted molar refractivity (Wildman–Crippen MR) is 68.9 cm³/mol. The molecule has 0 heterocycles. The molecule has 3 heteroatoms. The molecule has 1 rings (SSSR count). The minimum absolute atomic E-state index is 0.162. The largest absolute Gasteiger partial charge is 0.465 e. The number of carbonyl (C=O) groups is 1. The smallest absolute Gasteiger partial charge is 0.323 e. The van der Waals surface area contributed by atoms with Gasteiger partial charge in [0, 0.05) is 0 Å². The number of benzene rings is 1. The Morgan fingerprint density at radius 3 is 2.65 bits per heavy atom. The van der Waals surface area contributed by atoms with Crippen LogP contribution in [-0.2, 0) is 16.0 Å². The topological polar surface area (TPSA) is 38.3 Å². The van der Waals surface area contributed by atoms with E-state index in [0.717, 1.165) is 18.4 Å². The average molecular weight is 235 g/mol. The van der Waals surface area contributed by atoms with E-state index in [1.165, 1.54) is 0 Å². The van der Waals surface area contributed by atoms with Crippen molar-refractivity contribution in [2.45, 2.75) is 32.2 Å². The molecular formula is C14H21NO2. The lowest BCUT2D eigenvalue weighted by Gasteiger charge is -2.15. The normalized spacial score (nSPS) is 12.1. The Labute approximate surface area is 103 Å². The van der Waals surface area contributed by atoms with Gasteiger partial charge in [-0.2, -0.15) is 0 Å². The van der Waals surface area contributed by atoms with Gasteiger partial charge >= 0.3 is 5.97 Å². The summed E-state index contributed by atoms with van der Waals surface area (Å²) in [5.41, 5.74) is 1.14. The molecule has 0 aromatic heterocycles. The van der Waals surface area contributed by atoms with Crippen molar-refractivity contribution >= 4 is 5.97 Å². The highest BCUT2D eigenvalue weighted by atomic mass is 16.5. The number of unbranched alkanes of at least 4 members (excludes halogenated alkanes) is 1. The third-order valence-corrected chi connectivity index (χ3v) is 2.66. The monoisotopic (exact) mass is 235 g/mol. The average Bonchev–Trinajstić information content (AvgIpc) is 2.37. The lowest BCUT2D eigenvalue weighted by atomic mass is 10.1. The highest BCUT2D eigenvalue weighted by Crippen LogP contribution is 2.04. The van der Waals surface area contributed by atoms with Crippen LogP contribution in [0.2, 0.25) is 0 Å². The molecule has 0 saturated carbocycles. The number of carbonyl (C=O) groups excluding carboxylic acids is 1. The van der Waals surface area contributed by atoms with Crippen molar-refractivity contribution in [1.29, 1.82) is 0 Å². The standard InChI is InChI=1S/C14H21NO2/c1-3-4-10-17-14(16)13(15-2)11-12-8-6-5-7-9-12/h5-9,13,15H,3-4,10-11H2,1-2H3/t13-/m1/s1. The lowest BCUT2D eigenvalue weighted by Crippen LogP contribution is -2.37. The van der Waals surface area contributed by atoms with Crippen molar-refractivity contribution in [2.75, 3.05) is 13.7 Å². The van der Waals surface area contributed by atoms with Crippen LogP contribution in [0.4, 0.5) is 0 Å². The molecular weight excluding hydrogens is 214 g/mol. The number of ether oxygens (including phenoxy) is 1. The van der Waals surface area contributed by atoms with E-state index in [0.29, 0.717) is 13.0 Å². The molecule has 0 fully saturated rings. The van der Waals surface area contributed by atoms with Crippen LogP contribution in [0.15, 0.2) is 30.3 Å². The van der Waals surface area contributed by atoms with E-state index < -0.39 is 0 Å². The van der Waals surface area contributed by atoms with Crippen LogP contribution < -0.4 is 5.32 Å². The number of nitrogens with one attached hydrogen (secondary N) is 1. The maximum atomic E-state index is 11.8. The maximum absolute atomic E-state index is 11.8. The quantitative estimate of drug-likeness (QED) is 0.581. The molecule has 1 atom stereocenters. The summed E-state index contributed by atoms with van der Waals surface area (Å²) in [5, 5.41) is 3.00. The summed E-state index contributed by atoms with van der Waals surface area (Å²) in [6.45, 7) is 2.59. The van der Waals surface area contributed by atoms with Crippen molar-refractivity contribution in [3.05, 3.63) is 35.9 Å². The fourth-order valence-electron chi connectivity index (χ4n) is 1.57. The Bertz CT molecular complexity index is 324. The van der Waals surface area contributed by atoms with Crippen LogP contribution in [0.3, 0.4) is 0 Å². The molecule has 0 aliphatic heterocycles. The van der Waals surface area contributed by atoms with Gasteiger partial charge in [-0.05, 0) is 25.5 Å². The SMILES string of the molecule is CCCCOC(=O)[C@@H](Cc1ccccc1)NC. The molecule has 0 spiro atoms. The third-order valence-electron chi connectivity index (χ3n) is 2.66. The zero-order valence-corrected chi connectivity index (χ0v) is 10.6. The lowest BCUT2D eigenvalue weighted by molar-refractivity contribution is -0.146. The Morgan fingerprint density at radius 2 is 2.06 bits per heavy atom. The van der Waals surface area contributed by atoms with E-state index >= 15 is 0 Å². The first-order chi connectivity index (χ1) is 8.27. The van der Waals surface area contributed by atoms with Gasteiger partial charge < -0.3 is 10.1 Å². The number of hydrogen-bond donors (Lipinski definition) is 1. The molecule has 1 aromatic carbocycles. The van der Waals surface area contributed by atoms with Gasteiger partial charge in [-0.3, -0.25) is 4.79 Å². The highest BCUT2D eigenvalue weighted by molar-refractivity contribution is 5.76. The molecule has 17 heavy (non-hydrogen) atoms. The van der Waals surface area contributed by atoms with Crippen LogP contribution in [0.25, 0.3) is 0 Å². The first kappa shape index (κ1) is 13.7. The van der Waals surface area contributed by atoms with E-state index in [1.54, 1.807) is 7.05 Å². The van der Waals surface area contributed by atoms with Crippen molar-refractivity contribution in [1.82, 2.24) is 5.32 Å². The molecule has 0 saturated heterocycles. The molecule has 0 radical (unpaired) electrons. The van der Waals surface area contributed by atoms with E-state index in [4.69, 9.17) is 4.74 Å². The molecule has 3 nitrogen and oxygen atoms in total. The van der Waals surface area contributed by atoms with Crippen molar-refractivity contribution < 1.29 is 9.53 Å². The summed E-state index contributed by atoms with van der Waals surface area (Å²) < 4.78 is 5.21. The van der Waals surface area contributed by atoms with E-state index in [2.05, 4.69) is 12.2 Å². The summed E-state index contributed by atoms with van der Waals surface area (Å²) in [5.74, 6) is -0.162. The van der Waals surface area contributed by atoms with E-state index in [-0.39, 0.29) is 12.0 Å². The predicted octanol–water partition coefficient (Wildman–Crippen LogP) is 2.16. The number of hydrogen-bond acceptors (Lipinski definition) is 3. The first-order valence-electron chi connectivity index (χ1n) is 6.15. The zero-order valence-electron chi connectivity index (χ0n) is 10.6. The molecule has 0 aliphatic carbocycles. The van der Waals surface area contributed by atoms with Gasteiger partial charge in [-0.15, -0.1) is 0 Å². The molecule has 0 amide bonds. The third kappa shape index (κ3) is 5.00. The van der Waals surface area contributed by atoms with Gasteiger partial charge in [0.1, 0.15) is 6.04 Å². The van der Waals surface area contributed by atoms with Gasteiger partial charge in [0.05, 0.1) is 6.61 Å². The minimum Gasteiger partial charge on any atom is -0.465 e. The van der Waals surface area contributed by atoms with Crippen molar-refractivity contribution in [3.63, 3.8) is 0 Å². The molecule has 0 unspecified atom stereocenters. The highest BCUT2D eigenvalue weighted by Gasteiger charge is 2.17. The van der Waals surface area contributed by atoms with Crippen LogP contribution >= 0.6 is 0 Å². The molecule has 1 N–H and O–H groups in total. The number of likely N-dealkylation sites (N-methyl/N-ethyl adjacent to an activating group) is 1. The fourth-order valence-corrected chi connectivity index (χ4v) is 1.57. The van der Waals surface area contributed by atoms with Gasteiger partial charge in [0.2, 0.25) is 0 Å². The first-order valence-corrected chi connectivity index (χ1v) is 6.15. The van der Waals surface area contributed by atoms with Gasteiger partial charge in [-0.25, -0.2) is 0 Å². The van der Waals surface area contributed by atoms with Gasteiger partial charge in [0.25, 0.3) is 0 Å². The molecule has 0 bridgehead atoms. The maximum Gasteiger partial charge on any atom is 0.323 e. The summed E-state index contributed by atoms with van der Waals surface area (Å²) in [7, 11) is 1.79. The van der Waals surface area contributed by atoms with E-state index in [1.807, 2.05) is 30.3 Å². The summed E-state index contributed by atoms with van der Waals surface area (Å²) in [4.78, 5) is 11.8. The fraction of sp³-hybridized carbons (Fsp3) is 0.500. The van der Waals surface area contributed by atoms with Gasteiger partial charge in [-0.1, -0.05) is 43.7 Å². The Balaban J connectivity index is 2.45.